The van der Waals surface area contributed by atoms with Crippen LogP contribution in [0, 0.1) is 29.6 Å². The third-order valence-electron chi connectivity index (χ3n) is 11.8. The van der Waals surface area contributed by atoms with Crippen LogP contribution in [-0.2, 0) is 27.9 Å². The van der Waals surface area contributed by atoms with Crippen LogP contribution in [0.2, 0.25) is 0 Å². The van der Waals surface area contributed by atoms with Crippen LogP contribution >= 0.6 is 0 Å². The number of likely N-dealkylation sites (tertiary alicyclic amines) is 1. The minimum Gasteiger partial charge on any atom is -0.486 e. The van der Waals surface area contributed by atoms with E-state index in [0.717, 1.165) is 36.3 Å². The zero-order chi connectivity index (χ0) is 26.6. The van der Waals surface area contributed by atoms with Gasteiger partial charge in [-0.1, -0.05) is 30.3 Å². The van der Waals surface area contributed by atoms with E-state index in [1.165, 1.54) is 55.6 Å². The summed E-state index contributed by atoms with van der Waals surface area (Å²) in [5.41, 5.74) is 11.8. The van der Waals surface area contributed by atoms with Crippen LogP contribution in [0.15, 0.2) is 36.4 Å². The summed E-state index contributed by atoms with van der Waals surface area (Å²) in [6, 6.07) is 13.1. The Morgan fingerprint density at radius 3 is 2.85 bits per heavy atom. The molecule has 6 nitrogen and oxygen atoms in total. The monoisotopic (exact) mass is 527 g/mol. The van der Waals surface area contributed by atoms with Gasteiger partial charge >= 0.3 is 0 Å². The molecule has 2 heterocycles. The maximum Gasteiger partial charge on any atom is 0.138 e. The largest absolute Gasteiger partial charge is 0.486 e. The molecule has 39 heavy (non-hydrogen) atoms. The van der Waals surface area contributed by atoms with Gasteiger partial charge in [-0.15, -0.1) is 0 Å². The van der Waals surface area contributed by atoms with Gasteiger partial charge in [0.1, 0.15) is 23.3 Å². The summed E-state index contributed by atoms with van der Waals surface area (Å²) in [4.78, 5) is 2.90. The van der Waals surface area contributed by atoms with E-state index in [9.17, 15) is 0 Å². The number of piperidine rings is 1. The summed E-state index contributed by atoms with van der Waals surface area (Å²) in [5.74, 6) is 2.44. The van der Waals surface area contributed by atoms with Crippen molar-refractivity contribution in [1.82, 2.24) is 4.90 Å². The van der Waals surface area contributed by atoms with Crippen molar-refractivity contribution in [3.63, 3.8) is 0 Å². The summed E-state index contributed by atoms with van der Waals surface area (Å²) in [5, 5.41) is 7.79. The third kappa shape index (κ3) is 3.11. The van der Waals surface area contributed by atoms with Gasteiger partial charge in [0, 0.05) is 47.6 Å². The van der Waals surface area contributed by atoms with Crippen LogP contribution in [0.5, 0.6) is 5.75 Å². The van der Waals surface area contributed by atoms with Crippen LogP contribution in [0.25, 0.3) is 0 Å². The fourth-order valence-electron chi connectivity index (χ4n) is 10.0. The minimum absolute atomic E-state index is 0.0488. The molecule has 2 spiro atoms. The number of ether oxygens (including phenoxy) is 3. The van der Waals surface area contributed by atoms with E-state index < -0.39 is 0 Å². The molecular weight excluding hydrogens is 486 g/mol. The Morgan fingerprint density at radius 2 is 2.05 bits per heavy atom. The quantitative estimate of drug-likeness (QED) is 0.384. The van der Waals surface area contributed by atoms with E-state index >= 15 is 0 Å². The van der Waals surface area contributed by atoms with Gasteiger partial charge < -0.3 is 19.9 Å². The highest BCUT2D eigenvalue weighted by atomic mass is 16.6. The van der Waals surface area contributed by atoms with Crippen molar-refractivity contribution in [2.75, 3.05) is 26.8 Å². The molecule has 5 aliphatic carbocycles. The second-order valence-corrected chi connectivity index (χ2v) is 13.5. The maximum absolute atomic E-state index is 7.79. The fourth-order valence-corrected chi connectivity index (χ4v) is 10.0. The molecule has 7 aliphatic rings. The Kier molecular flexibility index (Phi) is 5.20. The molecule has 4 bridgehead atoms. The topological polar surface area (TPSA) is 80.8 Å². The summed E-state index contributed by atoms with van der Waals surface area (Å²) in [6.45, 7) is 5.85. The average molecular weight is 528 g/mol. The molecule has 3 N–H and O–H groups in total. The molecule has 0 radical (unpaired) electrons. The van der Waals surface area contributed by atoms with Crippen molar-refractivity contribution >= 4 is 5.84 Å². The van der Waals surface area contributed by atoms with E-state index in [2.05, 4.69) is 30.0 Å². The normalized spacial score (nSPS) is 37.4. The van der Waals surface area contributed by atoms with Crippen molar-refractivity contribution in [2.45, 2.75) is 81.6 Å². The molecule has 2 unspecified atom stereocenters. The lowest BCUT2D eigenvalue weighted by Crippen LogP contribution is -2.81. The number of aryl methyl sites for hydroxylation is 1. The lowest BCUT2D eigenvalue weighted by molar-refractivity contribution is -0.283. The molecule has 6 heteroatoms. The first kappa shape index (κ1) is 24.4. The van der Waals surface area contributed by atoms with Gasteiger partial charge in [0.25, 0.3) is 0 Å². The zero-order valence-corrected chi connectivity index (χ0v) is 23.3. The molecule has 2 aromatic rings. The summed E-state index contributed by atoms with van der Waals surface area (Å²) in [7, 11) is 1.92. The van der Waals surface area contributed by atoms with Crippen LogP contribution in [0.1, 0.15) is 66.3 Å². The van der Waals surface area contributed by atoms with Gasteiger partial charge in [0.2, 0.25) is 0 Å². The van der Waals surface area contributed by atoms with Gasteiger partial charge in [0.15, 0.2) is 0 Å². The molecular formula is C33H41N3O3. The van der Waals surface area contributed by atoms with E-state index in [1.54, 1.807) is 5.56 Å². The number of amidine groups is 1. The Morgan fingerprint density at radius 1 is 1.18 bits per heavy atom. The molecule has 6 atom stereocenters. The third-order valence-corrected chi connectivity index (χ3v) is 11.8. The second-order valence-electron chi connectivity index (χ2n) is 13.5. The highest BCUT2D eigenvalue weighted by molar-refractivity contribution is 5.95. The number of nitrogens with one attached hydrogen (secondary N) is 1. The molecule has 5 fully saturated rings. The standard InChI is InChI=1S/C33H41N3O3/c1-20-6-9-23-15-26-31-10-11-33(37-2,25(16-31)19-38-18-22-4-3-5-24(14-22)29(34)35)30-32(31,27(23)28(20)39-30)12-13-36(26)17-21-7-8-21/h3-6,9,14,21,25-26,30H,7-8,10-13,15-19H2,1-2H3,(H3,34,35)/t25-,26-,30-,31?,32+,33?/m1/s1. The highest BCUT2D eigenvalue weighted by Crippen LogP contribution is 2.76. The number of nitrogen functional groups attached to an aromatic ring is 1. The lowest BCUT2D eigenvalue weighted by atomic mass is 9.35. The van der Waals surface area contributed by atoms with Gasteiger partial charge in [0.05, 0.1) is 13.2 Å². The van der Waals surface area contributed by atoms with Crippen molar-refractivity contribution in [3.8, 4) is 5.75 Å². The SMILES string of the molecule is COC12CCC3(C[C@@H]1COCc1cccc(C(=N)N)c1)[C@H]1Cc4ccc(C)c5c4[C@@]3(CCN1CC1CC1)[C@H]2O5. The predicted octanol–water partition coefficient (Wildman–Crippen LogP) is 4.72. The van der Waals surface area contributed by atoms with Crippen molar-refractivity contribution in [1.29, 1.82) is 5.41 Å². The molecule has 4 saturated carbocycles. The molecule has 0 amide bonds. The molecule has 2 aromatic carbocycles. The number of nitrogens with two attached hydrogens (primary N) is 1. The molecule has 2 aliphatic heterocycles. The average Bonchev–Trinajstić information content (AvgIpc) is 3.68. The van der Waals surface area contributed by atoms with Gasteiger partial charge in [-0.3, -0.25) is 10.3 Å². The number of hydrogen-bond acceptors (Lipinski definition) is 5. The van der Waals surface area contributed by atoms with Gasteiger partial charge in [-0.25, -0.2) is 0 Å². The Bertz CT molecular complexity index is 1360. The van der Waals surface area contributed by atoms with Crippen LogP contribution in [0.3, 0.4) is 0 Å². The summed E-state index contributed by atoms with van der Waals surface area (Å²) >= 11 is 0. The molecule has 206 valence electrons. The Labute approximate surface area is 231 Å². The molecule has 1 saturated heterocycles. The number of methoxy groups -OCH3 is 1. The van der Waals surface area contributed by atoms with Crippen LogP contribution in [0.4, 0.5) is 0 Å². The minimum atomic E-state index is -0.341. The van der Waals surface area contributed by atoms with E-state index in [-0.39, 0.29) is 34.3 Å². The van der Waals surface area contributed by atoms with Crippen LogP contribution in [-0.4, -0.2) is 55.3 Å². The smallest absolute Gasteiger partial charge is 0.138 e. The highest BCUT2D eigenvalue weighted by Gasteiger charge is 2.80. The predicted molar refractivity (Wildman–Crippen MR) is 150 cm³/mol. The summed E-state index contributed by atoms with van der Waals surface area (Å²) in [6.07, 6.45) is 8.60. The van der Waals surface area contributed by atoms with E-state index in [1.807, 2.05) is 25.3 Å². The molecule has 9 rings (SSSR count). The first-order valence-corrected chi connectivity index (χ1v) is 15.0. The Balaban J connectivity index is 1.17. The zero-order valence-electron chi connectivity index (χ0n) is 23.3. The lowest BCUT2D eigenvalue weighted by Gasteiger charge is -2.74. The van der Waals surface area contributed by atoms with Crippen molar-refractivity contribution in [3.05, 3.63) is 64.2 Å². The second kappa shape index (κ2) is 8.31. The fraction of sp³-hybridized carbons (Fsp3) is 0.606. The van der Waals surface area contributed by atoms with E-state index in [4.69, 9.17) is 25.4 Å². The van der Waals surface area contributed by atoms with Gasteiger partial charge in [-0.05, 0) is 87.1 Å². The van der Waals surface area contributed by atoms with Gasteiger partial charge in [-0.2, -0.15) is 0 Å². The molecule has 0 aromatic heterocycles. The number of rotatable bonds is 8. The first-order valence-electron chi connectivity index (χ1n) is 15.0. The van der Waals surface area contributed by atoms with Crippen molar-refractivity contribution < 1.29 is 14.2 Å². The van der Waals surface area contributed by atoms with Crippen LogP contribution < -0.4 is 10.5 Å². The number of nitrogens with zero attached hydrogens (tertiary/aromatic N) is 1. The Hall–Kier alpha value is -2.41. The number of fused-ring (bicyclic) bond motifs is 2. The number of benzene rings is 2. The first-order chi connectivity index (χ1) is 18.9. The summed E-state index contributed by atoms with van der Waals surface area (Å²) < 4.78 is 20.3. The maximum atomic E-state index is 7.79. The van der Waals surface area contributed by atoms with Crippen molar-refractivity contribution in [2.24, 2.45) is 23.0 Å². The number of hydrogen-bond donors (Lipinski definition) is 2. The van der Waals surface area contributed by atoms with E-state index in [0.29, 0.717) is 19.3 Å².